The molecule has 0 aromatic heterocycles. The van der Waals surface area contributed by atoms with Crippen molar-refractivity contribution >= 4 is 5.97 Å². The summed E-state index contributed by atoms with van der Waals surface area (Å²) in [5, 5.41) is 10.6. The molecule has 2 aliphatic heterocycles. The maximum absolute atomic E-state index is 12.8. The molecule has 0 amide bonds. The maximum Gasteiger partial charge on any atom is 0.338 e. The van der Waals surface area contributed by atoms with Crippen molar-refractivity contribution in [1.29, 1.82) is 0 Å². The molecule has 7 nitrogen and oxygen atoms in total. The van der Waals surface area contributed by atoms with E-state index in [0.717, 1.165) is 5.56 Å². The minimum Gasteiger partial charge on any atom is -0.450 e. The lowest BCUT2D eigenvalue weighted by Crippen LogP contribution is -2.64. The predicted octanol–water partition coefficient (Wildman–Crippen LogP) is 2.67. The fraction of sp³-hybridized carbons (Fsp3) is 0.435. The minimum absolute atomic E-state index is 0.0295. The quantitative estimate of drug-likeness (QED) is 0.753. The van der Waals surface area contributed by atoms with Gasteiger partial charge in [0.1, 0.15) is 18.8 Å². The first-order valence-electron chi connectivity index (χ1n) is 9.96. The Labute approximate surface area is 175 Å². The largest absolute Gasteiger partial charge is 0.450 e. The van der Waals surface area contributed by atoms with Gasteiger partial charge in [-0.2, -0.15) is 0 Å². The van der Waals surface area contributed by atoms with E-state index < -0.39 is 35.9 Å². The molecule has 160 valence electrons. The van der Waals surface area contributed by atoms with Crippen LogP contribution in [0.4, 0.5) is 0 Å². The molecule has 4 rings (SSSR count). The van der Waals surface area contributed by atoms with Gasteiger partial charge >= 0.3 is 5.97 Å². The highest BCUT2D eigenvalue weighted by Gasteiger charge is 2.61. The van der Waals surface area contributed by atoms with Crippen LogP contribution < -0.4 is 0 Å². The van der Waals surface area contributed by atoms with Gasteiger partial charge in [-0.05, 0) is 31.5 Å². The maximum atomic E-state index is 12.8. The minimum atomic E-state index is -1.37. The highest BCUT2D eigenvalue weighted by atomic mass is 16.8. The van der Waals surface area contributed by atoms with Gasteiger partial charge in [0.05, 0.1) is 18.8 Å². The normalized spacial score (nSPS) is 30.3. The topological polar surface area (TPSA) is 83.5 Å². The zero-order valence-corrected chi connectivity index (χ0v) is 17.0. The molecule has 1 N–H and O–H groups in total. The Morgan fingerprint density at radius 1 is 1.07 bits per heavy atom. The monoisotopic (exact) mass is 414 g/mol. The molecule has 0 aliphatic carbocycles. The second-order valence-corrected chi connectivity index (χ2v) is 7.93. The number of aliphatic hydroxyl groups is 1. The molecule has 7 heteroatoms. The summed E-state index contributed by atoms with van der Waals surface area (Å²) in [5.74, 6) is -2.85. The smallest absolute Gasteiger partial charge is 0.338 e. The number of esters is 1. The Morgan fingerprint density at radius 3 is 2.37 bits per heavy atom. The van der Waals surface area contributed by atoms with E-state index in [1.54, 1.807) is 38.1 Å². The third kappa shape index (κ3) is 4.40. The van der Waals surface area contributed by atoms with Crippen LogP contribution >= 0.6 is 0 Å². The van der Waals surface area contributed by atoms with E-state index in [4.69, 9.17) is 23.7 Å². The van der Waals surface area contributed by atoms with Crippen molar-refractivity contribution in [3.8, 4) is 0 Å². The number of ether oxygens (including phenoxy) is 5. The molecule has 2 saturated heterocycles. The summed E-state index contributed by atoms with van der Waals surface area (Å²) in [6, 6.07) is 18.2. The first-order chi connectivity index (χ1) is 14.4. The highest BCUT2D eigenvalue weighted by Crippen LogP contribution is 2.41. The van der Waals surface area contributed by atoms with Gasteiger partial charge in [-0.25, -0.2) is 4.79 Å². The summed E-state index contributed by atoms with van der Waals surface area (Å²) >= 11 is 0. The van der Waals surface area contributed by atoms with E-state index in [9.17, 15) is 9.90 Å². The predicted molar refractivity (Wildman–Crippen MR) is 106 cm³/mol. The van der Waals surface area contributed by atoms with Gasteiger partial charge in [-0.15, -0.1) is 0 Å². The van der Waals surface area contributed by atoms with Crippen LogP contribution in [0.15, 0.2) is 60.7 Å². The fourth-order valence-electron chi connectivity index (χ4n) is 3.70. The molecule has 2 aromatic carbocycles. The lowest BCUT2D eigenvalue weighted by Gasteiger charge is -2.45. The van der Waals surface area contributed by atoms with Gasteiger partial charge in [-0.3, -0.25) is 0 Å². The summed E-state index contributed by atoms with van der Waals surface area (Å²) in [5.41, 5.74) is 1.31. The molecule has 0 radical (unpaired) electrons. The number of rotatable bonds is 5. The van der Waals surface area contributed by atoms with E-state index in [-0.39, 0.29) is 19.8 Å². The number of aliphatic hydroxyl groups excluding tert-OH is 1. The first kappa shape index (κ1) is 21.0. The van der Waals surface area contributed by atoms with Crippen LogP contribution in [0.3, 0.4) is 0 Å². The van der Waals surface area contributed by atoms with Crippen LogP contribution in [0.5, 0.6) is 0 Å². The van der Waals surface area contributed by atoms with Gasteiger partial charge in [0.15, 0.2) is 11.9 Å². The summed E-state index contributed by atoms with van der Waals surface area (Å²) in [6.07, 6.45) is -2.89. The van der Waals surface area contributed by atoms with Crippen LogP contribution in [0.25, 0.3) is 0 Å². The van der Waals surface area contributed by atoms with Crippen molar-refractivity contribution in [2.45, 2.75) is 50.3 Å². The summed E-state index contributed by atoms with van der Waals surface area (Å²) in [7, 11) is 0. The molecule has 2 fully saturated rings. The van der Waals surface area contributed by atoms with Crippen LogP contribution in [0, 0.1) is 0 Å². The van der Waals surface area contributed by atoms with E-state index in [0.29, 0.717) is 5.56 Å². The number of carbonyl (C=O) groups is 1. The molecule has 2 aromatic rings. The van der Waals surface area contributed by atoms with E-state index >= 15 is 0 Å². The Hall–Kier alpha value is -2.29. The zero-order chi connectivity index (χ0) is 21.2. The van der Waals surface area contributed by atoms with Crippen molar-refractivity contribution < 1.29 is 33.6 Å². The molecule has 0 saturated carbocycles. The molecule has 1 spiro atoms. The van der Waals surface area contributed by atoms with Crippen molar-refractivity contribution in [1.82, 2.24) is 0 Å². The second-order valence-electron chi connectivity index (χ2n) is 7.93. The van der Waals surface area contributed by atoms with Crippen LogP contribution in [-0.2, 0) is 30.3 Å². The van der Waals surface area contributed by atoms with Crippen LogP contribution in [0.2, 0.25) is 0 Å². The van der Waals surface area contributed by atoms with E-state index in [2.05, 4.69) is 0 Å². The van der Waals surface area contributed by atoms with Gasteiger partial charge in [0.25, 0.3) is 0 Å². The van der Waals surface area contributed by atoms with E-state index in [1.807, 2.05) is 36.4 Å². The molecule has 4 atom stereocenters. The fourth-order valence-corrected chi connectivity index (χ4v) is 3.70. The van der Waals surface area contributed by atoms with E-state index in [1.165, 1.54) is 0 Å². The van der Waals surface area contributed by atoms with Crippen LogP contribution in [0.1, 0.15) is 29.8 Å². The SMILES string of the molecule is CC1(C)OC[C@]2(OC[C@@H](O)[C@@H](OCc3ccccc3)[C@@H]2OC(=O)c2ccccc2)O1. The van der Waals surface area contributed by atoms with Crippen molar-refractivity contribution in [2.24, 2.45) is 0 Å². The average Bonchev–Trinajstić information content (AvgIpc) is 3.07. The third-order valence-electron chi connectivity index (χ3n) is 5.18. The molecular weight excluding hydrogens is 388 g/mol. The average molecular weight is 414 g/mol. The van der Waals surface area contributed by atoms with Crippen molar-refractivity contribution in [3.05, 3.63) is 71.8 Å². The molecule has 2 heterocycles. The first-order valence-corrected chi connectivity index (χ1v) is 9.96. The van der Waals surface area contributed by atoms with Gasteiger partial charge in [-0.1, -0.05) is 48.5 Å². The summed E-state index contributed by atoms with van der Waals surface area (Å²) in [4.78, 5) is 12.8. The molecule has 0 bridgehead atoms. The van der Waals surface area contributed by atoms with Crippen molar-refractivity contribution in [3.63, 3.8) is 0 Å². The Morgan fingerprint density at radius 2 is 1.73 bits per heavy atom. The highest BCUT2D eigenvalue weighted by molar-refractivity contribution is 5.89. The summed E-state index contributed by atoms with van der Waals surface area (Å²) in [6.45, 7) is 3.77. The van der Waals surface area contributed by atoms with Gasteiger partial charge in [0.2, 0.25) is 5.79 Å². The summed E-state index contributed by atoms with van der Waals surface area (Å²) < 4.78 is 29.5. The Kier molecular flexibility index (Phi) is 5.90. The number of benzene rings is 2. The van der Waals surface area contributed by atoms with Crippen LogP contribution in [-0.4, -0.2) is 54.2 Å². The Bertz CT molecular complexity index is 854. The number of carbonyl (C=O) groups excluding carboxylic acids is 1. The third-order valence-corrected chi connectivity index (χ3v) is 5.18. The molecule has 30 heavy (non-hydrogen) atoms. The zero-order valence-electron chi connectivity index (χ0n) is 17.0. The lowest BCUT2D eigenvalue weighted by molar-refractivity contribution is -0.341. The number of hydrogen-bond donors (Lipinski definition) is 1. The molecule has 0 unspecified atom stereocenters. The molecule has 2 aliphatic rings. The second kappa shape index (κ2) is 8.45. The Balaban J connectivity index is 1.60. The molecular formula is C23H26O7. The lowest BCUT2D eigenvalue weighted by atomic mass is 9.96. The van der Waals surface area contributed by atoms with Gasteiger partial charge in [0, 0.05) is 0 Å². The van der Waals surface area contributed by atoms with Gasteiger partial charge < -0.3 is 28.8 Å². The number of hydrogen-bond acceptors (Lipinski definition) is 7. The van der Waals surface area contributed by atoms with Crippen molar-refractivity contribution in [2.75, 3.05) is 13.2 Å². The standard InChI is InChI=1S/C23H26O7/c1-22(2)28-15-23(30-22)20(29-21(25)17-11-7-4-8-12-17)19(18(24)14-27-23)26-13-16-9-5-3-6-10-16/h3-12,18-20,24H,13-15H2,1-2H3/t18-,19-,20+,23+/m1/s1.